The van der Waals surface area contributed by atoms with Crippen molar-refractivity contribution in [3.8, 4) is 0 Å². The SMILES string of the molecule is NCc1ccc(CNCC2CC2)o1. The normalized spacial score (nSPS) is 16.4. The van der Waals surface area contributed by atoms with Gasteiger partial charge in [-0.3, -0.25) is 0 Å². The summed E-state index contributed by atoms with van der Waals surface area (Å²) in [5, 5.41) is 3.37. The minimum Gasteiger partial charge on any atom is -0.463 e. The van der Waals surface area contributed by atoms with Crippen LogP contribution in [0.5, 0.6) is 0 Å². The Morgan fingerprint density at radius 3 is 2.77 bits per heavy atom. The van der Waals surface area contributed by atoms with E-state index in [1.807, 2.05) is 12.1 Å². The van der Waals surface area contributed by atoms with E-state index in [9.17, 15) is 0 Å². The third-order valence-corrected chi connectivity index (χ3v) is 2.35. The zero-order chi connectivity index (χ0) is 9.10. The van der Waals surface area contributed by atoms with Crippen LogP contribution in [0.15, 0.2) is 16.5 Å². The smallest absolute Gasteiger partial charge is 0.118 e. The zero-order valence-electron chi connectivity index (χ0n) is 7.75. The van der Waals surface area contributed by atoms with Crippen molar-refractivity contribution in [1.29, 1.82) is 0 Å². The first-order valence-electron chi connectivity index (χ1n) is 4.87. The van der Waals surface area contributed by atoms with Gasteiger partial charge in [-0.1, -0.05) is 0 Å². The molecular weight excluding hydrogens is 164 g/mol. The van der Waals surface area contributed by atoms with E-state index in [0.717, 1.165) is 30.5 Å². The molecule has 0 amide bonds. The van der Waals surface area contributed by atoms with Gasteiger partial charge in [-0.25, -0.2) is 0 Å². The standard InChI is InChI=1S/C10H16N2O/c11-5-9-3-4-10(13-9)7-12-6-8-1-2-8/h3-4,8,12H,1-2,5-7,11H2. The van der Waals surface area contributed by atoms with Crippen molar-refractivity contribution < 1.29 is 4.42 Å². The van der Waals surface area contributed by atoms with E-state index in [1.54, 1.807) is 0 Å². The Morgan fingerprint density at radius 1 is 1.38 bits per heavy atom. The lowest BCUT2D eigenvalue weighted by Gasteiger charge is -1.99. The predicted octanol–water partition coefficient (Wildman–Crippen LogP) is 1.24. The van der Waals surface area contributed by atoms with Crippen LogP contribution < -0.4 is 11.1 Å². The largest absolute Gasteiger partial charge is 0.463 e. The molecule has 3 heteroatoms. The Kier molecular flexibility index (Phi) is 2.66. The van der Waals surface area contributed by atoms with Crippen LogP contribution >= 0.6 is 0 Å². The lowest BCUT2D eigenvalue weighted by molar-refractivity contribution is 0.446. The summed E-state index contributed by atoms with van der Waals surface area (Å²) in [5.74, 6) is 2.77. The average molecular weight is 180 g/mol. The van der Waals surface area contributed by atoms with Crippen LogP contribution in [0.25, 0.3) is 0 Å². The monoisotopic (exact) mass is 180 g/mol. The van der Waals surface area contributed by atoms with Crippen molar-refractivity contribution in [2.75, 3.05) is 6.54 Å². The highest BCUT2D eigenvalue weighted by atomic mass is 16.3. The first-order chi connectivity index (χ1) is 6.38. The van der Waals surface area contributed by atoms with E-state index in [4.69, 9.17) is 10.2 Å². The van der Waals surface area contributed by atoms with E-state index in [-0.39, 0.29) is 0 Å². The maximum atomic E-state index is 5.45. The second kappa shape index (κ2) is 3.94. The summed E-state index contributed by atoms with van der Waals surface area (Å²) in [6.07, 6.45) is 2.78. The van der Waals surface area contributed by atoms with Crippen molar-refractivity contribution in [1.82, 2.24) is 5.32 Å². The number of nitrogens with two attached hydrogens (primary N) is 1. The highest BCUT2D eigenvalue weighted by Crippen LogP contribution is 2.27. The quantitative estimate of drug-likeness (QED) is 0.716. The summed E-state index contributed by atoms with van der Waals surface area (Å²) >= 11 is 0. The van der Waals surface area contributed by atoms with E-state index in [2.05, 4.69) is 5.32 Å². The van der Waals surface area contributed by atoms with Crippen LogP contribution in [0.3, 0.4) is 0 Å². The molecule has 0 saturated heterocycles. The topological polar surface area (TPSA) is 51.2 Å². The summed E-state index contributed by atoms with van der Waals surface area (Å²) in [4.78, 5) is 0. The second-order valence-corrected chi connectivity index (χ2v) is 3.65. The van der Waals surface area contributed by atoms with Gasteiger partial charge >= 0.3 is 0 Å². The minimum absolute atomic E-state index is 0.489. The Bertz CT molecular complexity index is 266. The van der Waals surface area contributed by atoms with Crippen LogP contribution in [0.1, 0.15) is 24.4 Å². The van der Waals surface area contributed by atoms with Crippen molar-refractivity contribution in [3.63, 3.8) is 0 Å². The van der Waals surface area contributed by atoms with Gasteiger partial charge in [-0.05, 0) is 37.4 Å². The fourth-order valence-electron chi connectivity index (χ4n) is 1.35. The Hall–Kier alpha value is -0.800. The molecule has 0 radical (unpaired) electrons. The fraction of sp³-hybridized carbons (Fsp3) is 0.600. The summed E-state index contributed by atoms with van der Waals surface area (Å²) in [5.41, 5.74) is 5.44. The van der Waals surface area contributed by atoms with Crippen LogP contribution in [0.4, 0.5) is 0 Å². The fourth-order valence-corrected chi connectivity index (χ4v) is 1.35. The molecule has 72 valence electrons. The van der Waals surface area contributed by atoms with E-state index < -0.39 is 0 Å². The zero-order valence-corrected chi connectivity index (χ0v) is 7.75. The lowest BCUT2D eigenvalue weighted by Crippen LogP contribution is -2.15. The Balaban J connectivity index is 1.72. The van der Waals surface area contributed by atoms with Crippen molar-refractivity contribution in [3.05, 3.63) is 23.7 Å². The molecule has 1 aliphatic rings. The van der Waals surface area contributed by atoms with Gasteiger partial charge in [0.2, 0.25) is 0 Å². The third-order valence-electron chi connectivity index (χ3n) is 2.35. The van der Waals surface area contributed by atoms with Gasteiger partial charge in [0, 0.05) is 0 Å². The lowest BCUT2D eigenvalue weighted by atomic mass is 10.4. The van der Waals surface area contributed by atoms with Crippen LogP contribution in [-0.4, -0.2) is 6.54 Å². The molecule has 0 bridgehead atoms. The molecule has 1 saturated carbocycles. The van der Waals surface area contributed by atoms with Gasteiger partial charge in [0.1, 0.15) is 11.5 Å². The Labute approximate surface area is 78.3 Å². The first-order valence-corrected chi connectivity index (χ1v) is 4.87. The molecule has 1 aromatic heterocycles. The predicted molar refractivity (Wildman–Crippen MR) is 51.0 cm³/mol. The summed E-state index contributed by atoms with van der Waals surface area (Å²) < 4.78 is 5.45. The molecule has 0 aliphatic heterocycles. The number of hydrogen-bond donors (Lipinski definition) is 2. The van der Waals surface area contributed by atoms with Gasteiger partial charge in [0.15, 0.2) is 0 Å². The molecule has 0 unspecified atom stereocenters. The Morgan fingerprint density at radius 2 is 2.15 bits per heavy atom. The van der Waals surface area contributed by atoms with Crippen LogP contribution in [-0.2, 0) is 13.1 Å². The molecule has 0 spiro atoms. The third kappa shape index (κ3) is 2.57. The molecule has 1 fully saturated rings. The van der Waals surface area contributed by atoms with Crippen molar-refractivity contribution in [2.24, 2.45) is 11.7 Å². The second-order valence-electron chi connectivity index (χ2n) is 3.65. The van der Waals surface area contributed by atoms with Crippen LogP contribution in [0, 0.1) is 5.92 Å². The molecule has 1 aliphatic carbocycles. The molecule has 3 N–H and O–H groups in total. The molecule has 2 rings (SSSR count). The highest BCUT2D eigenvalue weighted by Gasteiger charge is 2.20. The van der Waals surface area contributed by atoms with Gasteiger partial charge in [-0.2, -0.15) is 0 Å². The van der Waals surface area contributed by atoms with Gasteiger partial charge in [0.25, 0.3) is 0 Å². The maximum absolute atomic E-state index is 5.45. The van der Waals surface area contributed by atoms with Crippen molar-refractivity contribution >= 4 is 0 Å². The molecule has 1 heterocycles. The van der Waals surface area contributed by atoms with Gasteiger partial charge in [-0.15, -0.1) is 0 Å². The van der Waals surface area contributed by atoms with E-state index in [1.165, 1.54) is 12.8 Å². The van der Waals surface area contributed by atoms with E-state index >= 15 is 0 Å². The summed E-state index contributed by atoms with van der Waals surface area (Å²) in [6.45, 7) is 2.44. The van der Waals surface area contributed by atoms with Gasteiger partial charge < -0.3 is 15.5 Å². The van der Waals surface area contributed by atoms with Gasteiger partial charge in [0.05, 0.1) is 13.1 Å². The summed E-state index contributed by atoms with van der Waals surface area (Å²) in [7, 11) is 0. The number of furan rings is 1. The maximum Gasteiger partial charge on any atom is 0.118 e. The molecule has 0 atom stereocenters. The number of nitrogens with one attached hydrogen (secondary N) is 1. The highest BCUT2D eigenvalue weighted by molar-refractivity contribution is 5.06. The minimum atomic E-state index is 0.489. The number of hydrogen-bond acceptors (Lipinski definition) is 3. The van der Waals surface area contributed by atoms with Crippen LogP contribution in [0.2, 0.25) is 0 Å². The van der Waals surface area contributed by atoms with Crippen molar-refractivity contribution in [2.45, 2.75) is 25.9 Å². The van der Waals surface area contributed by atoms with E-state index in [0.29, 0.717) is 6.54 Å². The molecular formula is C10H16N2O. The molecule has 3 nitrogen and oxygen atoms in total. The number of rotatable bonds is 5. The average Bonchev–Trinajstić information content (AvgIpc) is 2.84. The summed E-state index contributed by atoms with van der Waals surface area (Å²) in [6, 6.07) is 3.93. The molecule has 1 aromatic rings. The molecule has 13 heavy (non-hydrogen) atoms. The first kappa shape index (κ1) is 8.78. The molecule has 0 aromatic carbocycles.